The van der Waals surface area contributed by atoms with Crippen molar-refractivity contribution >= 4 is 27.3 Å². The van der Waals surface area contributed by atoms with Gasteiger partial charge in [-0.3, -0.25) is 4.90 Å². The topological polar surface area (TPSA) is 32.7 Å². The highest BCUT2D eigenvalue weighted by Gasteiger charge is 2.45. The second-order valence-corrected chi connectivity index (χ2v) is 7.68. The Hall–Kier alpha value is 0.0600. The van der Waals surface area contributed by atoms with E-state index in [1.807, 2.05) is 0 Å². The maximum Gasteiger partial charge on any atom is 0.0772 e. The molecule has 1 saturated heterocycles. The quantitative estimate of drug-likeness (QED) is 0.896. The fraction of sp³-hybridized carbons (Fsp3) is 0.733. The number of aliphatic hydroxyl groups excluding tert-OH is 1. The Kier molecular flexibility index (Phi) is 4.82. The van der Waals surface area contributed by atoms with Crippen LogP contribution in [0.25, 0.3) is 0 Å². The molecule has 0 bridgehead atoms. The molecule has 1 aromatic heterocycles. The molecule has 2 heterocycles. The zero-order valence-electron chi connectivity index (χ0n) is 11.7. The normalized spacial score (nSPS) is 24.9. The van der Waals surface area contributed by atoms with E-state index in [2.05, 4.69) is 32.3 Å². The summed E-state index contributed by atoms with van der Waals surface area (Å²) in [6, 6.07) is 2.07. The average molecular weight is 360 g/mol. The summed E-state index contributed by atoms with van der Waals surface area (Å²) in [7, 11) is 0. The van der Waals surface area contributed by atoms with Gasteiger partial charge in [0.25, 0.3) is 0 Å². The summed E-state index contributed by atoms with van der Waals surface area (Å²) in [5, 5.41) is 13.0. The van der Waals surface area contributed by atoms with Gasteiger partial charge in [-0.1, -0.05) is 12.8 Å². The molecule has 1 aliphatic heterocycles. The third-order valence-electron chi connectivity index (χ3n) is 4.80. The summed E-state index contributed by atoms with van der Waals surface area (Å²) in [6.07, 6.45) is 5.20. The first kappa shape index (κ1) is 15.0. The zero-order chi connectivity index (χ0) is 14.0. The summed E-state index contributed by atoms with van der Waals surface area (Å²) in [6.45, 7) is 3.53. The minimum Gasteiger partial charge on any atom is -0.391 e. The van der Waals surface area contributed by atoms with Crippen molar-refractivity contribution in [2.45, 2.75) is 43.7 Å². The molecule has 3 nitrogen and oxygen atoms in total. The maximum atomic E-state index is 11.0. The minimum atomic E-state index is -0.280. The molecule has 5 heteroatoms. The average Bonchev–Trinajstić information content (AvgIpc) is 3.11. The molecule has 20 heavy (non-hydrogen) atoms. The third-order valence-corrected chi connectivity index (χ3v) is 6.75. The maximum absolute atomic E-state index is 11.0. The van der Waals surface area contributed by atoms with Crippen molar-refractivity contribution in [2.75, 3.05) is 26.3 Å². The van der Waals surface area contributed by atoms with Crippen molar-refractivity contribution in [3.63, 3.8) is 0 Å². The van der Waals surface area contributed by atoms with Crippen LogP contribution in [0.1, 0.15) is 30.6 Å². The number of hydrogen-bond acceptors (Lipinski definition) is 4. The van der Waals surface area contributed by atoms with Crippen LogP contribution in [0.3, 0.4) is 0 Å². The van der Waals surface area contributed by atoms with Gasteiger partial charge in [0.1, 0.15) is 0 Å². The Morgan fingerprint density at radius 3 is 2.65 bits per heavy atom. The van der Waals surface area contributed by atoms with Gasteiger partial charge in [0, 0.05) is 34.4 Å². The number of thiophene rings is 1. The van der Waals surface area contributed by atoms with Gasteiger partial charge in [0.2, 0.25) is 0 Å². The van der Waals surface area contributed by atoms with Crippen LogP contribution in [0, 0.1) is 0 Å². The Balaban J connectivity index is 1.77. The molecule has 1 atom stereocenters. The molecule has 3 rings (SSSR count). The van der Waals surface area contributed by atoms with Crippen molar-refractivity contribution in [2.24, 2.45) is 0 Å². The van der Waals surface area contributed by atoms with E-state index >= 15 is 0 Å². The van der Waals surface area contributed by atoms with E-state index < -0.39 is 0 Å². The molecule has 2 aliphatic rings. The molecule has 1 aromatic rings. The molecule has 112 valence electrons. The molecular weight excluding hydrogens is 338 g/mol. The van der Waals surface area contributed by atoms with Crippen LogP contribution in [0.5, 0.6) is 0 Å². The lowest BCUT2D eigenvalue weighted by Gasteiger charge is -2.46. The molecule has 0 aromatic carbocycles. The second-order valence-electron chi connectivity index (χ2n) is 5.82. The molecule has 1 aliphatic carbocycles. The fourth-order valence-corrected chi connectivity index (χ4v) is 5.24. The largest absolute Gasteiger partial charge is 0.391 e. The first-order valence-electron chi connectivity index (χ1n) is 7.45. The smallest absolute Gasteiger partial charge is 0.0772 e. The summed E-state index contributed by atoms with van der Waals surface area (Å²) >= 11 is 5.31. The van der Waals surface area contributed by atoms with Crippen LogP contribution in [0.15, 0.2) is 15.9 Å². The molecule has 0 amide bonds. The van der Waals surface area contributed by atoms with E-state index in [0.717, 1.165) is 50.0 Å². The van der Waals surface area contributed by atoms with E-state index in [1.165, 1.54) is 17.7 Å². The number of aliphatic hydroxyl groups is 1. The number of halogens is 1. The van der Waals surface area contributed by atoms with Gasteiger partial charge < -0.3 is 9.84 Å². The number of rotatable bonds is 4. The van der Waals surface area contributed by atoms with Crippen LogP contribution in [0.4, 0.5) is 0 Å². The minimum absolute atomic E-state index is 0.0206. The number of ether oxygens (including phenoxy) is 1. The van der Waals surface area contributed by atoms with Gasteiger partial charge in [-0.05, 0) is 40.2 Å². The standard InChI is InChI=1S/C15H22BrNO2S/c16-12-3-10-20-13(12)11-14(18)15(4-1-2-5-15)17-6-8-19-9-7-17/h3,10,14,18H,1-2,4-9,11H2. The van der Waals surface area contributed by atoms with Gasteiger partial charge in [0.05, 0.1) is 19.3 Å². The lowest BCUT2D eigenvalue weighted by atomic mass is 9.85. The van der Waals surface area contributed by atoms with Crippen LogP contribution in [-0.2, 0) is 11.2 Å². The summed E-state index contributed by atoms with van der Waals surface area (Å²) in [4.78, 5) is 3.76. The predicted octanol–water partition coefficient (Wildman–Crippen LogP) is 3.06. The summed E-state index contributed by atoms with van der Waals surface area (Å²) in [5.41, 5.74) is -0.0206. The van der Waals surface area contributed by atoms with E-state index in [0.29, 0.717) is 0 Å². The van der Waals surface area contributed by atoms with Crippen LogP contribution in [-0.4, -0.2) is 48.0 Å². The van der Waals surface area contributed by atoms with Crippen LogP contribution < -0.4 is 0 Å². The van der Waals surface area contributed by atoms with Gasteiger partial charge in [-0.15, -0.1) is 11.3 Å². The summed E-state index contributed by atoms with van der Waals surface area (Å²) in [5.74, 6) is 0. The SMILES string of the molecule is OC(Cc1sccc1Br)C1(N2CCOCC2)CCCC1. The van der Waals surface area contributed by atoms with E-state index in [-0.39, 0.29) is 11.6 Å². The Morgan fingerprint density at radius 1 is 1.35 bits per heavy atom. The van der Waals surface area contributed by atoms with Crippen molar-refractivity contribution in [3.8, 4) is 0 Å². The molecule has 1 N–H and O–H groups in total. The van der Waals surface area contributed by atoms with E-state index in [9.17, 15) is 5.11 Å². The van der Waals surface area contributed by atoms with E-state index in [1.54, 1.807) is 11.3 Å². The molecule has 1 saturated carbocycles. The zero-order valence-corrected chi connectivity index (χ0v) is 14.1. The van der Waals surface area contributed by atoms with Crippen LogP contribution >= 0.6 is 27.3 Å². The number of morpholine rings is 1. The molecule has 1 unspecified atom stereocenters. The van der Waals surface area contributed by atoms with Crippen molar-refractivity contribution in [1.82, 2.24) is 4.90 Å². The lowest BCUT2D eigenvalue weighted by Crippen LogP contribution is -2.59. The van der Waals surface area contributed by atoms with Gasteiger partial charge >= 0.3 is 0 Å². The van der Waals surface area contributed by atoms with E-state index in [4.69, 9.17) is 4.74 Å². The molecule has 2 fully saturated rings. The molecule has 0 spiro atoms. The second kappa shape index (κ2) is 6.44. The first-order chi connectivity index (χ1) is 9.72. The highest BCUT2D eigenvalue weighted by Crippen LogP contribution is 2.40. The van der Waals surface area contributed by atoms with Gasteiger partial charge in [-0.25, -0.2) is 0 Å². The molecule has 0 radical (unpaired) electrons. The number of nitrogens with zero attached hydrogens (tertiary/aromatic N) is 1. The highest BCUT2D eigenvalue weighted by atomic mass is 79.9. The molecular formula is C15H22BrNO2S. The third kappa shape index (κ3) is 2.83. The lowest BCUT2D eigenvalue weighted by molar-refractivity contribution is -0.0752. The van der Waals surface area contributed by atoms with Gasteiger partial charge in [-0.2, -0.15) is 0 Å². The predicted molar refractivity (Wildman–Crippen MR) is 85.3 cm³/mol. The van der Waals surface area contributed by atoms with Gasteiger partial charge in [0.15, 0.2) is 0 Å². The highest BCUT2D eigenvalue weighted by molar-refractivity contribution is 9.10. The summed E-state index contributed by atoms with van der Waals surface area (Å²) < 4.78 is 6.62. The Bertz CT molecular complexity index is 439. The monoisotopic (exact) mass is 359 g/mol. The van der Waals surface area contributed by atoms with Crippen LogP contribution in [0.2, 0.25) is 0 Å². The Morgan fingerprint density at radius 2 is 2.05 bits per heavy atom. The fourth-order valence-electron chi connectivity index (χ4n) is 3.69. The van der Waals surface area contributed by atoms with Crippen molar-refractivity contribution < 1.29 is 9.84 Å². The number of hydrogen-bond donors (Lipinski definition) is 1. The van der Waals surface area contributed by atoms with Crippen molar-refractivity contribution in [3.05, 3.63) is 20.8 Å². The Labute approximate surface area is 133 Å². The van der Waals surface area contributed by atoms with Crippen molar-refractivity contribution in [1.29, 1.82) is 0 Å². The first-order valence-corrected chi connectivity index (χ1v) is 9.12.